The number of halogens is 1. The first kappa shape index (κ1) is 18.4. The van der Waals surface area contributed by atoms with Gasteiger partial charge in [-0.1, -0.05) is 12.1 Å². The van der Waals surface area contributed by atoms with Gasteiger partial charge in [0.15, 0.2) is 17.2 Å². The molecule has 2 aromatic carbocycles. The van der Waals surface area contributed by atoms with E-state index in [0.717, 1.165) is 0 Å². The fourth-order valence-corrected chi connectivity index (χ4v) is 3.13. The van der Waals surface area contributed by atoms with Crippen LogP contribution in [0.1, 0.15) is 10.5 Å². The first-order valence-corrected chi connectivity index (χ1v) is 8.60. The number of nitrogens with zero attached hydrogens (tertiary/aromatic N) is 4. The SMILES string of the molecule is COc1cccc(-c2nc(C(N)=O)c3c(n2)n(-c2ccc(F)cc2)c(=O)n3C)c1. The van der Waals surface area contributed by atoms with Gasteiger partial charge < -0.3 is 10.5 Å². The number of primary amides is 1. The molecule has 0 aliphatic rings. The Bertz CT molecular complexity index is 1310. The Hall–Kier alpha value is -4.01. The minimum Gasteiger partial charge on any atom is -0.497 e. The van der Waals surface area contributed by atoms with E-state index in [4.69, 9.17) is 10.5 Å². The molecule has 2 heterocycles. The van der Waals surface area contributed by atoms with Crippen LogP contribution in [0.15, 0.2) is 53.3 Å². The topological polar surface area (TPSA) is 105 Å². The Labute approximate surface area is 164 Å². The summed E-state index contributed by atoms with van der Waals surface area (Å²) in [5, 5.41) is 0. The number of carbonyl (C=O) groups excluding carboxylic acids is 1. The van der Waals surface area contributed by atoms with Crippen molar-refractivity contribution in [2.24, 2.45) is 12.8 Å². The van der Waals surface area contributed by atoms with Crippen LogP contribution in [0.4, 0.5) is 4.39 Å². The molecule has 146 valence electrons. The summed E-state index contributed by atoms with van der Waals surface area (Å²) in [4.78, 5) is 33.8. The number of benzene rings is 2. The Morgan fingerprint density at radius 1 is 1.14 bits per heavy atom. The van der Waals surface area contributed by atoms with Crippen molar-refractivity contribution >= 4 is 17.1 Å². The Balaban J connectivity index is 2.08. The highest BCUT2D eigenvalue weighted by Crippen LogP contribution is 2.25. The molecule has 29 heavy (non-hydrogen) atoms. The Morgan fingerprint density at radius 2 is 1.86 bits per heavy atom. The number of methoxy groups -OCH3 is 1. The molecule has 2 aromatic heterocycles. The number of hydrogen-bond acceptors (Lipinski definition) is 5. The summed E-state index contributed by atoms with van der Waals surface area (Å²) < 4.78 is 21.1. The van der Waals surface area contributed by atoms with Crippen molar-refractivity contribution in [1.29, 1.82) is 0 Å². The molecule has 9 heteroatoms. The molecule has 0 unspecified atom stereocenters. The van der Waals surface area contributed by atoms with E-state index < -0.39 is 17.4 Å². The summed E-state index contributed by atoms with van der Waals surface area (Å²) in [6.45, 7) is 0. The quantitative estimate of drug-likeness (QED) is 0.571. The molecule has 4 aromatic rings. The van der Waals surface area contributed by atoms with Gasteiger partial charge in [0.25, 0.3) is 5.91 Å². The number of rotatable bonds is 4. The number of aryl methyl sites for hydroxylation is 1. The normalized spacial score (nSPS) is 11.0. The lowest BCUT2D eigenvalue weighted by Crippen LogP contribution is -2.21. The second-order valence-electron chi connectivity index (χ2n) is 6.32. The summed E-state index contributed by atoms with van der Waals surface area (Å²) >= 11 is 0. The molecule has 0 aliphatic carbocycles. The lowest BCUT2D eigenvalue weighted by Gasteiger charge is -2.08. The predicted molar refractivity (Wildman–Crippen MR) is 105 cm³/mol. The van der Waals surface area contributed by atoms with E-state index in [0.29, 0.717) is 17.0 Å². The van der Waals surface area contributed by atoms with Crippen molar-refractivity contribution in [3.05, 3.63) is 70.5 Å². The molecule has 0 spiro atoms. The number of imidazole rings is 1. The molecule has 0 saturated heterocycles. The lowest BCUT2D eigenvalue weighted by atomic mass is 10.2. The van der Waals surface area contributed by atoms with Gasteiger partial charge in [-0.05, 0) is 36.4 Å². The predicted octanol–water partition coefficient (Wildman–Crippen LogP) is 2.03. The molecule has 1 amide bonds. The molecular weight excluding hydrogens is 377 g/mol. The third-order valence-corrected chi connectivity index (χ3v) is 4.54. The molecular formula is C20H16FN5O3. The molecule has 0 bridgehead atoms. The Kier molecular flexibility index (Phi) is 4.34. The van der Waals surface area contributed by atoms with Gasteiger partial charge >= 0.3 is 5.69 Å². The highest BCUT2D eigenvalue weighted by molar-refractivity contribution is 6.02. The van der Waals surface area contributed by atoms with Crippen molar-refractivity contribution in [2.75, 3.05) is 7.11 Å². The van der Waals surface area contributed by atoms with Gasteiger partial charge in [0.2, 0.25) is 0 Å². The zero-order valence-electron chi connectivity index (χ0n) is 15.6. The Morgan fingerprint density at radius 3 is 2.52 bits per heavy atom. The van der Waals surface area contributed by atoms with Crippen molar-refractivity contribution in [3.8, 4) is 22.8 Å². The maximum atomic E-state index is 13.4. The summed E-state index contributed by atoms with van der Waals surface area (Å²) in [5.74, 6) is -0.456. The van der Waals surface area contributed by atoms with Gasteiger partial charge in [0.05, 0.1) is 12.8 Å². The largest absolute Gasteiger partial charge is 0.497 e. The standard InChI is InChI=1S/C20H16FN5O3/c1-25-16-15(17(22)27)23-18(11-4-3-5-14(10-11)29-2)24-19(16)26(20(25)28)13-8-6-12(21)7-9-13/h3-10H,1-2H3,(H2,22,27). The van der Waals surface area contributed by atoms with Crippen LogP contribution in [-0.4, -0.2) is 32.1 Å². The van der Waals surface area contributed by atoms with E-state index in [1.807, 2.05) is 0 Å². The average molecular weight is 393 g/mol. The number of nitrogens with two attached hydrogens (primary N) is 1. The molecule has 0 fully saturated rings. The van der Waals surface area contributed by atoms with Crippen molar-refractivity contribution in [3.63, 3.8) is 0 Å². The van der Waals surface area contributed by atoms with E-state index in [1.165, 1.54) is 47.6 Å². The monoisotopic (exact) mass is 393 g/mol. The number of ether oxygens (including phenoxy) is 1. The third-order valence-electron chi connectivity index (χ3n) is 4.54. The van der Waals surface area contributed by atoms with Crippen LogP contribution in [-0.2, 0) is 7.05 Å². The second kappa shape index (κ2) is 6.86. The van der Waals surface area contributed by atoms with E-state index in [9.17, 15) is 14.0 Å². The minimum absolute atomic E-state index is 0.0896. The highest BCUT2D eigenvalue weighted by Gasteiger charge is 2.22. The van der Waals surface area contributed by atoms with Gasteiger partial charge in [-0.15, -0.1) is 0 Å². The van der Waals surface area contributed by atoms with Gasteiger partial charge in [-0.25, -0.2) is 23.7 Å². The van der Waals surface area contributed by atoms with Gasteiger partial charge in [-0.2, -0.15) is 0 Å². The summed E-state index contributed by atoms with van der Waals surface area (Å²) in [5.41, 5.74) is 6.34. The summed E-state index contributed by atoms with van der Waals surface area (Å²) in [7, 11) is 3.02. The van der Waals surface area contributed by atoms with Crippen LogP contribution in [0, 0.1) is 5.82 Å². The maximum Gasteiger partial charge on any atom is 0.334 e. The van der Waals surface area contributed by atoms with Gasteiger partial charge in [0, 0.05) is 12.6 Å². The van der Waals surface area contributed by atoms with E-state index in [-0.39, 0.29) is 22.7 Å². The number of amides is 1. The molecule has 2 N–H and O–H groups in total. The first-order chi connectivity index (χ1) is 13.9. The first-order valence-electron chi connectivity index (χ1n) is 8.60. The minimum atomic E-state index is -0.798. The molecule has 0 aliphatic heterocycles. The molecule has 8 nitrogen and oxygen atoms in total. The fraction of sp³-hybridized carbons (Fsp3) is 0.100. The van der Waals surface area contributed by atoms with Crippen LogP contribution in [0.2, 0.25) is 0 Å². The number of fused-ring (bicyclic) bond motifs is 1. The van der Waals surface area contributed by atoms with Gasteiger partial charge in [0.1, 0.15) is 17.1 Å². The van der Waals surface area contributed by atoms with Crippen LogP contribution >= 0.6 is 0 Å². The van der Waals surface area contributed by atoms with Crippen molar-refractivity contribution < 1.29 is 13.9 Å². The van der Waals surface area contributed by atoms with Crippen LogP contribution < -0.4 is 16.2 Å². The maximum absolute atomic E-state index is 13.4. The number of hydrogen-bond donors (Lipinski definition) is 1. The summed E-state index contributed by atoms with van der Waals surface area (Å²) in [6, 6.07) is 12.3. The van der Waals surface area contributed by atoms with Crippen LogP contribution in [0.3, 0.4) is 0 Å². The third kappa shape index (κ3) is 3.02. The molecule has 4 rings (SSSR count). The van der Waals surface area contributed by atoms with E-state index in [1.54, 1.807) is 24.3 Å². The molecule has 0 radical (unpaired) electrons. The highest BCUT2D eigenvalue weighted by atomic mass is 19.1. The van der Waals surface area contributed by atoms with E-state index >= 15 is 0 Å². The zero-order valence-corrected chi connectivity index (χ0v) is 15.6. The van der Waals surface area contributed by atoms with Crippen LogP contribution in [0.25, 0.3) is 28.2 Å². The van der Waals surface area contributed by atoms with E-state index in [2.05, 4.69) is 9.97 Å². The lowest BCUT2D eigenvalue weighted by molar-refractivity contribution is 0.0997. The number of carbonyl (C=O) groups is 1. The smallest absolute Gasteiger partial charge is 0.334 e. The molecule has 0 atom stereocenters. The number of aromatic nitrogens is 4. The van der Waals surface area contributed by atoms with Gasteiger partial charge in [-0.3, -0.25) is 9.36 Å². The second-order valence-corrected chi connectivity index (χ2v) is 6.32. The van der Waals surface area contributed by atoms with Crippen molar-refractivity contribution in [1.82, 2.24) is 19.1 Å². The molecule has 0 saturated carbocycles. The van der Waals surface area contributed by atoms with Crippen LogP contribution in [0.5, 0.6) is 5.75 Å². The average Bonchev–Trinajstić information content (AvgIpc) is 2.98. The fourth-order valence-electron chi connectivity index (χ4n) is 3.13. The zero-order chi connectivity index (χ0) is 20.7. The van der Waals surface area contributed by atoms with Crippen molar-refractivity contribution in [2.45, 2.75) is 0 Å². The summed E-state index contributed by atoms with van der Waals surface area (Å²) in [6.07, 6.45) is 0.